The predicted octanol–water partition coefficient (Wildman–Crippen LogP) is 0.0615. The monoisotopic (exact) mass is 335 g/mol. The molecule has 3 rings (SSSR count). The lowest BCUT2D eigenvalue weighted by atomic mass is 9.94. The second kappa shape index (κ2) is 5.40. The van der Waals surface area contributed by atoms with Crippen LogP contribution in [0.5, 0.6) is 0 Å². The van der Waals surface area contributed by atoms with Gasteiger partial charge in [0.25, 0.3) is 5.56 Å². The molecule has 1 aliphatic heterocycles. The van der Waals surface area contributed by atoms with E-state index in [0.29, 0.717) is 0 Å². The maximum absolute atomic E-state index is 15.2. The van der Waals surface area contributed by atoms with E-state index in [1.165, 1.54) is 23.8 Å². The summed E-state index contributed by atoms with van der Waals surface area (Å²) in [5.74, 6) is 1.71. The molecule has 0 bridgehead atoms. The highest BCUT2D eigenvalue weighted by Crippen LogP contribution is 2.43. The lowest BCUT2D eigenvalue weighted by molar-refractivity contribution is -0.0383. The Bertz CT molecular complexity index is 903. The molecule has 1 unspecified atom stereocenters. The number of aromatic nitrogens is 3. The van der Waals surface area contributed by atoms with E-state index in [1.54, 1.807) is 0 Å². The number of aliphatic hydroxyl groups is 1. The second-order valence-electron chi connectivity index (χ2n) is 5.57. The minimum absolute atomic E-state index is 0.0399. The highest BCUT2D eigenvalue weighted by Gasteiger charge is 2.59. The van der Waals surface area contributed by atoms with Crippen molar-refractivity contribution >= 4 is 17.0 Å². The molecule has 9 nitrogen and oxygen atoms in total. The number of nitrogens with two attached hydrogens (primary N) is 1. The van der Waals surface area contributed by atoms with Crippen molar-refractivity contribution in [2.75, 3.05) is 5.73 Å². The third-order valence-electron chi connectivity index (χ3n) is 4.10. The number of nitrogen functional groups attached to an aromatic ring is 1. The van der Waals surface area contributed by atoms with Crippen LogP contribution in [-0.4, -0.2) is 43.6 Å². The van der Waals surface area contributed by atoms with Gasteiger partial charge in [-0.1, -0.05) is 11.1 Å². The van der Waals surface area contributed by atoms with Gasteiger partial charge in [0.2, 0.25) is 11.6 Å². The average Bonchev–Trinajstić information content (AvgIpc) is 3.07. The number of rotatable bonds is 3. The van der Waals surface area contributed by atoms with Crippen molar-refractivity contribution in [3.8, 4) is 12.3 Å². The predicted molar refractivity (Wildman–Crippen MR) is 82.6 cm³/mol. The summed E-state index contributed by atoms with van der Waals surface area (Å²) in [5.41, 5.74) is 2.40. The number of terminal acetylenes is 1. The van der Waals surface area contributed by atoms with Crippen LogP contribution in [0, 0.1) is 17.3 Å². The van der Waals surface area contributed by atoms with Gasteiger partial charge < -0.3 is 20.1 Å². The van der Waals surface area contributed by atoms with Gasteiger partial charge in [-0.2, -0.15) is 9.89 Å². The van der Waals surface area contributed by atoms with Crippen molar-refractivity contribution in [1.82, 2.24) is 14.5 Å². The van der Waals surface area contributed by atoms with Crippen LogP contribution in [0.2, 0.25) is 0 Å². The van der Waals surface area contributed by atoms with E-state index in [9.17, 15) is 14.8 Å². The molecule has 2 aromatic heterocycles. The summed E-state index contributed by atoms with van der Waals surface area (Å²) in [5, 5.41) is 13.1. The van der Waals surface area contributed by atoms with E-state index < -0.39 is 35.7 Å². The van der Waals surface area contributed by atoms with Gasteiger partial charge in [-0.05, 0) is 13.0 Å². The molecule has 24 heavy (non-hydrogen) atoms. The Morgan fingerprint density at radius 2 is 2.42 bits per heavy atom. The van der Waals surface area contributed by atoms with Crippen LogP contribution < -0.4 is 11.3 Å². The van der Waals surface area contributed by atoms with Gasteiger partial charge >= 0.3 is 0 Å². The Kier molecular flexibility index (Phi) is 3.62. The molecule has 126 valence electrons. The number of halogens is 1. The molecule has 1 aliphatic rings. The first-order valence-corrected chi connectivity index (χ1v) is 7.02. The molecule has 1 fully saturated rings. The lowest BCUT2D eigenvalue weighted by Gasteiger charge is -2.24. The molecular formula is C14H14FN5O4. The number of aliphatic hydroxyl groups excluding tert-OH is 1. The van der Waals surface area contributed by atoms with E-state index in [4.69, 9.17) is 16.9 Å². The zero-order chi connectivity index (χ0) is 17.6. The Labute approximate surface area is 134 Å². The first-order valence-electron chi connectivity index (χ1n) is 7.02. The van der Waals surface area contributed by atoms with Gasteiger partial charge in [0, 0.05) is 6.20 Å². The number of nitroso groups, excluding NO2 is 1. The normalized spacial score (nSPS) is 31.0. The maximum Gasteiger partial charge on any atom is 0.261 e. The van der Waals surface area contributed by atoms with Crippen LogP contribution >= 0.6 is 0 Å². The second-order valence-corrected chi connectivity index (χ2v) is 5.57. The van der Waals surface area contributed by atoms with Crippen molar-refractivity contribution in [3.63, 3.8) is 0 Å². The summed E-state index contributed by atoms with van der Waals surface area (Å²) in [4.78, 5) is 28.9. The van der Waals surface area contributed by atoms with Gasteiger partial charge in [-0.15, -0.1) is 6.42 Å². The summed E-state index contributed by atoms with van der Waals surface area (Å²) in [6.07, 6.45) is 2.08. The smallest absolute Gasteiger partial charge is 0.261 e. The summed E-state index contributed by atoms with van der Waals surface area (Å²) in [7, 11) is 0. The molecule has 1 saturated heterocycles. The lowest BCUT2D eigenvalue weighted by Crippen LogP contribution is -2.43. The van der Waals surface area contributed by atoms with Crippen molar-refractivity contribution in [1.29, 1.82) is 0 Å². The summed E-state index contributed by atoms with van der Waals surface area (Å²) < 4.78 is 21.9. The number of ether oxygens (including phenoxy) is 1. The Morgan fingerprint density at radius 3 is 3.04 bits per heavy atom. The molecule has 3 heterocycles. The largest absolute Gasteiger partial charge is 0.386 e. The molecular weight excluding hydrogens is 321 g/mol. The summed E-state index contributed by atoms with van der Waals surface area (Å²) in [6.45, 7) is 1.37. The molecule has 10 heteroatoms. The fourth-order valence-corrected chi connectivity index (χ4v) is 2.82. The SMILES string of the molecule is C#C[C@@]1(F)C(O)[C@@H]([C@H](C)N=O)O[C@H]1n1ccc2c(=O)[nH]c(N)nc21. The van der Waals surface area contributed by atoms with E-state index in [1.807, 2.05) is 5.92 Å². The fraction of sp³-hybridized carbons (Fsp3) is 0.429. The van der Waals surface area contributed by atoms with Crippen LogP contribution in [-0.2, 0) is 4.74 Å². The summed E-state index contributed by atoms with van der Waals surface area (Å²) >= 11 is 0. The zero-order valence-electron chi connectivity index (χ0n) is 12.5. The number of nitrogens with one attached hydrogen (secondary N) is 1. The molecule has 0 aromatic carbocycles. The highest BCUT2D eigenvalue weighted by molar-refractivity contribution is 5.76. The maximum atomic E-state index is 15.2. The molecule has 0 aliphatic carbocycles. The molecule has 5 atom stereocenters. The Hall–Kier alpha value is -2.77. The van der Waals surface area contributed by atoms with Crippen molar-refractivity contribution < 1.29 is 14.2 Å². The van der Waals surface area contributed by atoms with Crippen molar-refractivity contribution in [2.24, 2.45) is 5.18 Å². The van der Waals surface area contributed by atoms with Gasteiger partial charge in [-0.3, -0.25) is 9.78 Å². The topological polar surface area (TPSA) is 136 Å². The third kappa shape index (κ3) is 2.10. The summed E-state index contributed by atoms with van der Waals surface area (Å²) in [6, 6.07) is 0.360. The minimum atomic E-state index is -2.64. The number of fused-ring (bicyclic) bond motifs is 1. The van der Waals surface area contributed by atoms with E-state index in [0.717, 1.165) is 0 Å². The molecule has 0 spiro atoms. The number of alkyl halides is 1. The van der Waals surface area contributed by atoms with E-state index in [2.05, 4.69) is 15.1 Å². The van der Waals surface area contributed by atoms with Crippen LogP contribution in [0.25, 0.3) is 11.0 Å². The van der Waals surface area contributed by atoms with Crippen LogP contribution in [0.15, 0.2) is 22.2 Å². The standard InChI is InChI=1S/C14H14FN5O4/c1-3-14(15)9(21)8(6(2)19-23)24-12(14)20-5-4-7-10(20)17-13(16)18-11(7)22/h1,4-6,8-9,12,21H,2H3,(H3,16,17,18,22)/t6-,8+,9?,12+,14+/m0/s1. The Morgan fingerprint density at radius 1 is 1.71 bits per heavy atom. The van der Waals surface area contributed by atoms with Gasteiger partial charge in [-0.25, -0.2) is 4.39 Å². The number of H-pyrrole nitrogens is 1. The van der Waals surface area contributed by atoms with Gasteiger partial charge in [0.15, 0.2) is 11.9 Å². The number of hydrogen-bond acceptors (Lipinski definition) is 7. The molecule has 0 radical (unpaired) electrons. The molecule has 4 N–H and O–H groups in total. The minimum Gasteiger partial charge on any atom is -0.386 e. The van der Waals surface area contributed by atoms with Crippen LogP contribution in [0.1, 0.15) is 13.2 Å². The van der Waals surface area contributed by atoms with Gasteiger partial charge in [0.1, 0.15) is 18.2 Å². The average molecular weight is 335 g/mol. The molecule has 2 aromatic rings. The first-order chi connectivity index (χ1) is 11.3. The number of nitrogens with zero attached hydrogens (tertiary/aromatic N) is 3. The van der Waals surface area contributed by atoms with Crippen LogP contribution in [0.4, 0.5) is 10.3 Å². The van der Waals surface area contributed by atoms with Crippen molar-refractivity contribution in [3.05, 3.63) is 27.5 Å². The first kappa shape index (κ1) is 16.1. The van der Waals surface area contributed by atoms with E-state index in [-0.39, 0.29) is 17.0 Å². The number of anilines is 1. The third-order valence-corrected chi connectivity index (χ3v) is 4.10. The Balaban J connectivity index is 2.16. The molecule has 0 saturated carbocycles. The number of aromatic amines is 1. The zero-order valence-corrected chi connectivity index (χ0v) is 12.5. The van der Waals surface area contributed by atoms with Crippen LogP contribution in [0.3, 0.4) is 0 Å². The highest BCUT2D eigenvalue weighted by atomic mass is 19.1. The molecule has 0 amide bonds. The quantitative estimate of drug-likeness (QED) is 0.536. The fourth-order valence-electron chi connectivity index (χ4n) is 2.82. The van der Waals surface area contributed by atoms with E-state index >= 15 is 4.39 Å². The van der Waals surface area contributed by atoms with Gasteiger partial charge in [0.05, 0.1) is 5.39 Å². The van der Waals surface area contributed by atoms with Crippen molar-refractivity contribution in [2.45, 2.75) is 37.1 Å². The number of hydrogen-bond donors (Lipinski definition) is 3.